The van der Waals surface area contributed by atoms with Crippen molar-refractivity contribution < 1.29 is 19.5 Å². The lowest BCUT2D eigenvalue weighted by Crippen LogP contribution is -2.09. The number of carboxylic acid groups (broad SMARTS) is 1. The van der Waals surface area contributed by atoms with Crippen molar-refractivity contribution in [1.29, 1.82) is 0 Å². The first kappa shape index (κ1) is 13.0. The highest BCUT2D eigenvalue weighted by molar-refractivity contribution is 6.02. The topological polar surface area (TPSA) is 76.4 Å². The van der Waals surface area contributed by atoms with Gasteiger partial charge in [0, 0.05) is 30.0 Å². The van der Waals surface area contributed by atoms with Gasteiger partial charge in [-0.2, -0.15) is 0 Å². The molecule has 0 unspecified atom stereocenters. The zero-order valence-electron chi connectivity index (χ0n) is 10.2. The number of carbonyl (C=O) groups excluding carboxylic acids is 2. The summed E-state index contributed by atoms with van der Waals surface area (Å²) in [6, 6.07) is 7.13. The van der Waals surface area contributed by atoms with Crippen molar-refractivity contribution in [2.75, 3.05) is 0 Å². The molecule has 0 radical (unpaired) electrons. The molecule has 1 aromatic carbocycles. The number of aromatic nitrogens is 1. The Morgan fingerprint density at radius 2 is 1.95 bits per heavy atom. The van der Waals surface area contributed by atoms with E-state index in [0.29, 0.717) is 17.4 Å². The molecule has 0 saturated carbocycles. The highest BCUT2D eigenvalue weighted by atomic mass is 16.4. The summed E-state index contributed by atoms with van der Waals surface area (Å²) in [4.78, 5) is 33.4. The summed E-state index contributed by atoms with van der Waals surface area (Å²) in [6.45, 7) is 0. The number of aliphatic carboxylic acids is 1. The molecule has 5 nitrogen and oxygen atoms in total. The van der Waals surface area contributed by atoms with E-state index in [9.17, 15) is 14.4 Å². The third-order valence-electron chi connectivity index (χ3n) is 2.92. The van der Waals surface area contributed by atoms with Crippen molar-refractivity contribution in [3.05, 3.63) is 36.0 Å². The summed E-state index contributed by atoms with van der Waals surface area (Å²) in [5.41, 5.74) is 1.13. The number of nitrogens with zero attached hydrogens (tertiary/aromatic N) is 1. The average Bonchev–Trinajstić information content (AvgIpc) is 2.77. The molecule has 1 N–H and O–H groups in total. The van der Waals surface area contributed by atoms with Crippen LogP contribution < -0.4 is 0 Å². The van der Waals surface area contributed by atoms with Gasteiger partial charge < -0.3 is 5.11 Å². The minimum Gasteiger partial charge on any atom is -0.481 e. The lowest BCUT2D eigenvalue weighted by molar-refractivity contribution is -0.137. The molecule has 0 spiro atoms. The molecule has 0 atom stereocenters. The maximum absolute atomic E-state index is 12.0. The minimum atomic E-state index is -0.918. The molecule has 0 saturated heterocycles. The predicted octanol–water partition coefficient (Wildman–Crippen LogP) is 2.35. The maximum Gasteiger partial charge on any atom is 0.303 e. The number of hydrogen-bond acceptors (Lipinski definition) is 3. The normalized spacial score (nSPS) is 10.5. The molecule has 5 heteroatoms. The second-order valence-corrected chi connectivity index (χ2v) is 4.23. The van der Waals surface area contributed by atoms with Crippen molar-refractivity contribution in [3.8, 4) is 0 Å². The number of rotatable bonds is 5. The van der Waals surface area contributed by atoms with Gasteiger partial charge in [-0.1, -0.05) is 18.2 Å². The molecule has 0 amide bonds. The number of carbonyl (C=O) groups is 3. The summed E-state index contributed by atoms with van der Waals surface area (Å²) in [7, 11) is 0. The van der Waals surface area contributed by atoms with Crippen LogP contribution in [0.15, 0.2) is 30.5 Å². The van der Waals surface area contributed by atoms with Crippen LogP contribution in [0.25, 0.3) is 10.9 Å². The van der Waals surface area contributed by atoms with Gasteiger partial charge in [0.1, 0.15) is 0 Å². The Bertz CT molecular complexity index is 642. The van der Waals surface area contributed by atoms with E-state index in [-0.39, 0.29) is 25.2 Å². The summed E-state index contributed by atoms with van der Waals surface area (Å²) >= 11 is 0. The molecular formula is C14H13NO4. The van der Waals surface area contributed by atoms with Crippen molar-refractivity contribution in [1.82, 2.24) is 4.57 Å². The molecule has 0 aliphatic carbocycles. The van der Waals surface area contributed by atoms with Gasteiger partial charge in [-0.15, -0.1) is 0 Å². The molecule has 2 aromatic rings. The first-order chi connectivity index (χ1) is 9.13. The molecule has 0 fully saturated rings. The second-order valence-electron chi connectivity index (χ2n) is 4.23. The van der Waals surface area contributed by atoms with Crippen molar-refractivity contribution in [3.63, 3.8) is 0 Å². The van der Waals surface area contributed by atoms with Crippen molar-refractivity contribution >= 4 is 29.1 Å². The van der Waals surface area contributed by atoms with Crippen LogP contribution in [0.3, 0.4) is 0 Å². The number of hydrogen-bond donors (Lipinski definition) is 1. The van der Waals surface area contributed by atoms with Gasteiger partial charge in [0.2, 0.25) is 5.91 Å². The van der Waals surface area contributed by atoms with Gasteiger partial charge in [-0.05, 0) is 12.5 Å². The molecule has 19 heavy (non-hydrogen) atoms. The molecular weight excluding hydrogens is 246 g/mol. The third kappa shape index (κ3) is 2.70. The van der Waals surface area contributed by atoms with E-state index in [1.165, 1.54) is 10.8 Å². The van der Waals surface area contributed by atoms with Crippen LogP contribution in [0.1, 0.15) is 34.4 Å². The van der Waals surface area contributed by atoms with E-state index < -0.39 is 5.97 Å². The molecule has 0 bridgehead atoms. The van der Waals surface area contributed by atoms with E-state index in [1.54, 1.807) is 24.3 Å². The molecule has 0 aliphatic rings. The second kappa shape index (κ2) is 5.48. The van der Waals surface area contributed by atoms with Gasteiger partial charge in [-0.25, -0.2) is 0 Å². The Balaban J connectivity index is 2.27. The van der Waals surface area contributed by atoms with Crippen molar-refractivity contribution in [2.45, 2.75) is 19.3 Å². The quantitative estimate of drug-likeness (QED) is 0.836. The Hall–Kier alpha value is -2.43. The van der Waals surface area contributed by atoms with Gasteiger partial charge in [0.15, 0.2) is 6.29 Å². The van der Waals surface area contributed by atoms with Crippen LogP contribution in [0.5, 0.6) is 0 Å². The highest BCUT2D eigenvalue weighted by Gasteiger charge is 2.13. The van der Waals surface area contributed by atoms with Gasteiger partial charge in [0.25, 0.3) is 0 Å². The standard InChI is InChI=1S/C14H13NO4/c16-9-10-8-15(12-5-2-1-4-11(10)12)13(17)6-3-7-14(18)19/h1-2,4-5,8-9H,3,6-7H2,(H,18,19). The summed E-state index contributed by atoms with van der Waals surface area (Å²) in [5, 5.41) is 9.27. The molecule has 0 aliphatic heterocycles. The molecule has 1 heterocycles. The monoisotopic (exact) mass is 259 g/mol. The fraction of sp³-hybridized carbons (Fsp3) is 0.214. The number of para-hydroxylation sites is 1. The van der Waals surface area contributed by atoms with Gasteiger partial charge in [0.05, 0.1) is 5.52 Å². The number of carboxylic acids is 1. The average molecular weight is 259 g/mol. The van der Waals surface area contributed by atoms with Crippen molar-refractivity contribution in [2.24, 2.45) is 0 Å². The summed E-state index contributed by atoms with van der Waals surface area (Å²) < 4.78 is 1.42. The Kier molecular flexibility index (Phi) is 3.75. The lowest BCUT2D eigenvalue weighted by Gasteiger charge is -2.02. The van der Waals surface area contributed by atoms with E-state index in [1.807, 2.05) is 0 Å². The third-order valence-corrected chi connectivity index (χ3v) is 2.92. The van der Waals surface area contributed by atoms with E-state index in [0.717, 1.165) is 5.39 Å². The van der Waals surface area contributed by atoms with Gasteiger partial charge >= 0.3 is 5.97 Å². The number of aldehydes is 1. The Morgan fingerprint density at radius 1 is 1.21 bits per heavy atom. The zero-order valence-corrected chi connectivity index (χ0v) is 10.2. The zero-order chi connectivity index (χ0) is 13.8. The van der Waals surface area contributed by atoms with Gasteiger partial charge in [-0.3, -0.25) is 19.0 Å². The van der Waals surface area contributed by atoms with Crippen LogP contribution in [0.4, 0.5) is 0 Å². The Morgan fingerprint density at radius 3 is 2.63 bits per heavy atom. The minimum absolute atomic E-state index is 0.0362. The first-order valence-corrected chi connectivity index (χ1v) is 5.93. The smallest absolute Gasteiger partial charge is 0.303 e. The fourth-order valence-corrected chi connectivity index (χ4v) is 2.02. The summed E-state index contributed by atoms with van der Waals surface area (Å²) in [5.74, 6) is -1.12. The van der Waals surface area contributed by atoms with Crippen LogP contribution >= 0.6 is 0 Å². The number of fused-ring (bicyclic) bond motifs is 1. The summed E-state index contributed by atoms with van der Waals surface area (Å²) in [6.07, 6.45) is 2.61. The maximum atomic E-state index is 12.0. The van der Waals surface area contributed by atoms with Crippen LogP contribution in [0, 0.1) is 0 Å². The van der Waals surface area contributed by atoms with Crippen LogP contribution in [-0.4, -0.2) is 27.8 Å². The highest BCUT2D eigenvalue weighted by Crippen LogP contribution is 2.20. The van der Waals surface area contributed by atoms with Crippen LogP contribution in [0.2, 0.25) is 0 Å². The fourth-order valence-electron chi connectivity index (χ4n) is 2.02. The largest absolute Gasteiger partial charge is 0.481 e. The predicted molar refractivity (Wildman–Crippen MR) is 69.4 cm³/mol. The number of benzene rings is 1. The molecule has 98 valence electrons. The molecule has 2 rings (SSSR count). The Labute approximate surface area is 109 Å². The SMILES string of the molecule is O=Cc1cn(C(=O)CCCC(=O)O)c2ccccc12. The molecule has 1 aromatic heterocycles. The lowest BCUT2D eigenvalue weighted by atomic mass is 10.2. The van der Waals surface area contributed by atoms with E-state index in [2.05, 4.69) is 0 Å². The van der Waals surface area contributed by atoms with E-state index in [4.69, 9.17) is 5.11 Å². The first-order valence-electron chi connectivity index (χ1n) is 5.93. The van der Waals surface area contributed by atoms with E-state index >= 15 is 0 Å². The van der Waals surface area contributed by atoms with Crippen LogP contribution in [-0.2, 0) is 4.79 Å².